The van der Waals surface area contributed by atoms with E-state index in [2.05, 4.69) is 36.7 Å². The fourth-order valence-corrected chi connectivity index (χ4v) is 10.1. The van der Waals surface area contributed by atoms with Gasteiger partial charge in [-0.25, -0.2) is 0 Å². The van der Waals surface area contributed by atoms with Crippen molar-refractivity contribution in [3.05, 3.63) is 0 Å². The molecule has 0 aromatic heterocycles. The van der Waals surface area contributed by atoms with Gasteiger partial charge in [-0.3, -0.25) is 0 Å². The van der Waals surface area contributed by atoms with Gasteiger partial charge in [0.05, 0.1) is 0 Å². The fraction of sp³-hybridized carbons (Fsp3) is 1.00. The summed E-state index contributed by atoms with van der Waals surface area (Å²) in [6, 6.07) is 1.04. The van der Waals surface area contributed by atoms with Crippen LogP contribution in [0.25, 0.3) is 0 Å². The summed E-state index contributed by atoms with van der Waals surface area (Å²) in [4.78, 5) is 0. The van der Waals surface area contributed by atoms with Crippen molar-refractivity contribution >= 4 is 62.0 Å². The van der Waals surface area contributed by atoms with Crippen LogP contribution in [0.2, 0.25) is 0 Å². The molecule has 0 aromatic carbocycles. The lowest BCUT2D eigenvalue weighted by molar-refractivity contribution is -0.127. The predicted octanol–water partition coefficient (Wildman–Crippen LogP) is 5.98. The van der Waals surface area contributed by atoms with Gasteiger partial charge < -0.3 is 32.5 Å². The topological polar surface area (TPSA) is 108 Å². The predicted molar refractivity (Wildman–Crippen MR) is 196 cm³/mol. The molecule has 4 aliphatic rings. The van der Waals surface area contributed by atoms with E-state index < -0.39 is 0 Å². The molecule has 4 aliphatic carbocycles. The highest BCUT2D eigenvalue weighted by atomic mass is 35.5. The first-order valence-electron chi connectivity index (χ1n) is 16.6. The van der Waals surface area contributed by atoms with Crippen LogP contribution in [0.5, 0.6) is 0 Å². The molecular formula is C32H68Cl5N5O. The lowest BCUT2D eigenvalue weighted by atomic mass is 9.43. The van der Waals surface area contributed by atoms with Gasteiger partial charge in [0, 0.05) is 18.7 Å². The maximum Gasteiger partial charge on any atom is 0.0459 e. The largest absolute Gasteiger partial charge is 0.396 e. The highest BCUT2D eigenvalue weighted by Crippen LogP contribution is 2.67. The van der Waals surface area contributed by atoms with Crippen LogP contribution in [0.1, 0.15) is 97.8 Å². The van der Waals surface area contributed by atoms with Gasteiger partial charge in [0.1, 0.15) is 0 Å². The van der Waals surface area contributed by atoms with Crippen molar-refractivity contribution in [2.24, 2.45) is 57.8 Å². The zero-order chi connectivity index (χ0) is 27.2. The Bertz CT molecular complexity index is 730. The van der Waals surface area contributed by atoms with Crippen molar-refractivity contribution in [1.82, 2.24) is 16.0 Å². The van der Waals surface area contributed by atoms with Crippen molar-refractivity contribution < 1.29 is 5.11 Å². The van der Waals surface area contributed by atoms with Crippen molar-refractivity contribution in [2.75, 3.05) is 45.9 Å². The summed E-state index contributed by atoms with van der Waals surface area (Å²) in [7, 11) is 0. The van der Waals surface area contributed by atoms with Crippen LogP contribution < -0.4 is 27.4 Å². The molecule has 262 valence electrons. The third-order valence-electron chi connectivity index (χ3n) is 12.3. The Kier molecular flexibility index (Phi) is 23.7. The summed E-state index contributed by atoms with van der Waals surface area (Å²) in [6.45, 7) is 14.2. The highest BCUT2D eigenvalue weighted by molar-refractivity contribution is 5.86. The first-order valence-corrected chi connectivity index (χ1v) is 16.6. The van der Waals surface area contributed by atoms with E-state index in [9.17, 15) is 5.11 Å². The van der Waals surface area contributed by atoms with Gasteiger partial charge in [0.25, 0.3) is 0 Å². The van der Waals surface area contributed by atoms with E-state index in [-0.39, 0.29) is 62.0 Å². The zero-order valence-corrected chi connectivity index (χ0v) is 31.3. The number of rotatable bonds is 15. The lowest BCUT2D eigenvalue weighted by Crippen LogP contribution is -2.61. The molecule has 0 heterocycles. The van der Waals surface area contributed by atoms with Gasteiger partial charge in [-0.2, -0.15) is 0 Å². The van der Waals surface area contributed by atoms with Crippen LogP contribution in [0.15, 0.2) is 0 Å². The minimum Gasteiger partial charge on any atom is -0.396 e. The third kappa shape index (κ3) is 10.9. The summed E-state index contributed by atoms with van der Waals surface area (Å²) >= 11 is 0. The van der Waals surface area contributed by atoms with E-state index in [0.29, 0.717) is 47.3 Å². The zero-order valence-electron chi connectivity index (χ0n) is 27.2. The number of aliphatic hydroxyl groups excluding tert-OH is 1. The lowest BCUT2D eigenvalue weighted by Gasteiger charge is -2.63. The molecule has 0 saturated heterocycles. The van der Waals surface area contributed by atoms with Crippen molar-refractivity contribution in [2.45, 2.75) is 110 Å². The highest BCUT2D eigenvalue weighted by Gasteiger charge is 2.62. The molecule has 0 radical (unpaired) electrons. The molecule has 0 unspecified atom stereocenters. The number of unbranched alkanes of at least 4 members (excludes halogenated alkanes) is 1. The standard InChI is InChI=1S/C32H63N5O.5ClH/c1-23(22-38)26-8-9-27-30-28(11-13-32(26,27)3)31(2)12-10-25(20-24(31)21-29(30)34)37-19-7-18-36-16-5-4-15-35-17-6-14-33;;;;;/h23-30,35-38H,4-22,33-34H2,1-3H3;5*1H/t23-,24-,25+,26-,27+,28+,29-,30+,31+,32-;;;;;/m1...../s1. The number of nitrogens with one attached hydrogen (secondary N) is 3. The summed E-state index contributed by atoms with van der Waals surface area (Å²) in [5, 5.41) is 21.0. The number of nitrogens with two attached hydrogens (primary N) is 2. The number of hydrogen-bond acceptors (Lipinski definition) is 6. The van der Waals surface area contributed by atoms with Crippen molar-refractivity contribution in [3.63, 3.8) is 0 Å². The van der Waals surface area contributed by atoms with Gasteiger partial charge >= 0.3 is 0 Å². The Morgan fingerprint density at radius 1 is 0.744 bits per heavy atom. The number of aliphatic hydroxyl groups is 1. The Morgan fingerprint density at radius 3 is 1.95 bits per heavy atom. The molecule has 6 nitrogen and oxygen atoms in total. The maximum absolute atomic E-state index is 9.93. The Labute approximate surface area is 295 Å². The molecular weight excluding hydrogens is 648 g/mol. The van der Waals surface area contributed by atoms with Crippen LogP contribution in [0.3, 0.4) is 0 Å². The molecule has 4 rings (SSSR count). The first kappa shape index (κ1) is 46.3. The number of fused-ring (bicyclic) bond motifs is 5. The normalized spacial score (nSPS) is 36.6. The van der Waals surface area contributed by atoms with Gasteiger partial charge in [0.2, 0.25) is 0 Å². The second kappa shape index (κ2) is 22.0. The smallest absolute Gasteiger partial charge is 0.0459 e. The van der Waals surface area contributed by atoms with Gasteiger partial charge in [-0.1, -0.05) is 20.8 Å². The molecule has 4 saturated carbocycles. The molecule has 11 heteroatoms. The van der Waals surface area contributed by atoms with Crippen LogP contribution >= 0.6 is 62.0 Å². The quantitative estimate of drug-likeness (QED) is 0.117. The van der Waals surface area contributed by atoms with Gasteiger partial charge in [-0.05, 0) is 163 Å². The molecule has 4 fully saturated rings. The van der Waals surface area contributed by atoms with Crippen LogP contribution in [-0.4, -0.2) is 63.1 Å². The molecule has 0 bridgehead atoms. The average molecular weight is 716 g/mol. The molecule has 0 amide bonds. The van der Waals surface area contributed by atoms with Gasteiger partial charge in [0.15, 0.2) is 0 Å². The first-order chi connectivity index (χ1) is 18.3. The van der Waals surface area contributed by atoms with E-state index in [1.165, 1.54) is 70.6 Å². The van der Waals surface area contributed by atoms with Crippen molar-refractivity contribution in [3.8, 4) is 0 Å². The number of hydrogen-bond donors (Lipinski definition) is 6. The summed E-state index contributed by atoms with van der Waals surface area (Å²) in [6.07, 6.45) is 15.4. The fourth-order valence-electron chi connectivity index (χ4n) is 10.1. The van der Waals surface area contributed by atoms with Crippen molar-refractivity contribution in [1.29, 1.82) is 0 Å². The molecule has 0 spiro atoms. The summed E-state index contributed by atoms with van der Waals surface area (Å²) in [5.41, 5.74) is 13.5. The molecule has 0 aliphatic heterocycles. The second-order valence-electron chi connectivity index (χ2n) is 14.4. The van der Waals surface area contributed by atoms with E-state index in [0.717, 1.165) is 63.4 Å². The van der Waals surface area contributed by atoms with E-state index >= 15 is 0 Å². The second-order valence-corrected chi connectivity index (χ2v) is 14.4. The van der Waals surface area contributed by atoms with E-state index in [1.54, 1.807) is 0 Å². The third-order valence-corrected chi connectivity index (χ3v) is 12.3. The number of halogens is 5. The Balaban J connectivity index is 0. The van der Waals surface area contributed by atoms with E-state index in [1.807, 2.05) is 0 Å². The van der Waals surface area contributed by atoms with E-state index in [4.69, 9.17) is 11.5 Å². The molecule has 43 heavy (non-hydrogen) atoms. The monoisotopic (exact) mass is 713 g/mol. The Hall–Kier alpha value is 1.21. The minimum atomic E-state index is 0. The summed E-state index contributed by atoms with van der Waals surface area (Å²) in [5.74, 6) is 4.15. The van der Waals surface area contributed by atoms with Crippen LogP contribution in [0.4, 0.5) is 0 Å². The Morgan fingerprint density at radius 2 is 1.33 bits per heavy atom. The van der Waals surface area contributed by atoms with Crippen LogP contribution in [0, 0.1) is 46.3 Å². The minimum absolute atomic E-state index is 0. The van der Waals surface area contributed by atoms with Gasteiger partial charge in [-0.15, -0.1) is 62.0 Å². The average Bonchev–Trinajstić information content (AvgIpc) is 3.26. The molecule has 0 aromatic rings. The summed E-state index contributed by atoms with van der Waals surface area (Å²) < 4.78 is 0. The van der Waals surface area contributed by atoms with Crippen LogP contribution in [-0.2, 0) is 0 Å². The molecule has 8 N–H and O–H groups in total. The molecule has 10 atom stereocenters. The SMILES string of the molecule is C[C@H](CO)[C@H]1CC[C@H]2[C@@H]3[C@H](N)C[C@H]4C[C@@H](NCCCNCCCCNCCCN)CC[C@]4(C)[C@H]3CC[C@]12C.Cl.Cl.Cl.Cl.Cl. The maximum atomic E-state index is 9.93.